The van der Waals surface area contributed by atoms with Gasteiger partial charge in [0, 0.05) is 10.0 Å². The summed E-state index contributed by atoms with van der Waals surface area (Å²) in [5.41, 5.74) is 1.70. The van der Waals surface area contributed by atoms with Gasteiger partial charge in [-0.05, 0) is 43.0 Å². The smallest absolute Gasteiger partial charge is 0.358 e. The number of esters is 1. The molecule has 0 fully saturated rings. The third kappa shape index (κ3) is 5.07. The zero-order chi connectivity index (χ0) is 20.8. The van der Waals surface area contributed by atoms with Crippen LogP contribution in [0.2, 0.25) is 0 Å². The lowest BCUT2D eigenvalue weighted by molar-refractivity contribution is 0.0514. The first kappa shape index (κ1) is 21.1. The van der Waals surface area contributed by atoms with Gasteiger partial charge >= 0.3 is 5.97 Å². The Morgan fingerprint density at radius 3 is 2.45 bits per heavy atom. The van der Waals surface area contributed by atoms with Gasteiger partial charge in [0.15, 0.2) is 16.7 Å². The number of halogens is 1. The highest BCUT2D eigenvalue weighted by atomic mass is 79.9. The van der Waals surface area contributed by atoms with Gasteiger partial charge < -0.3 is 14.6 Å². The lowest BCUT2D eigenvalue weighted by Gasteiger charge is -2.11. The average Bonchev–Trinajstić information content (AvgIpc) is 3.06. The molecule has 0 bridgehead atoms. The summed E-state index contributed by atoms with van der Waals surface area (Å²) >= 11 is 4.75. The molecule has 1 N–H and O–H groups in total. The quantitative estimate of drug-likeness (QED) is 0.392. The molecule has 0 unspecified atom stereocenters. The Bertz CT molecular complexity index is 1000. The van der Waals surface area contributed by atoms with Crippen LogP contribution >= 0.6 is 27.7 Å². The largest absolute Gasteiger partial charge is 0.461 e. The van der Waals surface area contributed by atoms with Gasteiger partial charge in [-0.3, -0.25) is 4.79 Å². The Hall–Kier alpha value is -2.58. The molecule has 3 rings (SSSR count). The third-order valence-corrected chi connectivity index (χ3v) is 5.31. The minimum absolute atomic E-state index is 0.191. The SMILES string of the molecule is CCOC(=O)c1c(NC(=O)c2ccc(Br)cc2)nc(SC)n1Cc1ccccc1. The number of aromatic nitrogens is 2. The van der Waals surface area contributed by atoms with E-state index in [0.29, 0.717) is 17.3 Å². The molecule has 3 aromatic rings. The van der Waals surface area contributed by atoms with Crippen LogP contribution in [-0.2, 0) is 11.3 Å². The average molecular weight is 474 g/mol. The third-order valence-electron chi connectivity index (χ3n) is 4.11. The van der Waals surface area contributed by atoms with E-state index >= 15 is 0 Å². The maximum Gasteiger partial charge on any atom is 0.358 e. The van der Waals surface area contributed by atoms with E-state index in [2.05, 4.69) is 26.2 Å². The summed E-state index contributed by atoms with van der Waals surface area (Å²) < 4.78 is 7.89. The van der Waals surface area contributed by atoms with Gasteiger partial charge in [0.25, 0.3) is 5.91 Å². The van der Waals surface area contributed by atoms with E-state index in [4.69, 9.17) is 4.74 Å². The second-order valence-corrected chi connectivity index (χ2v) is 7.74. The molecule has 0 radical (unpaired) electrons. The Labute approximate surface area is 181 Å². The van der Waals surface area contributed by atoms with Crippen molar-refractivity contribution in [2.45, 2.75) is 18.6 Å². The summed E-state index contributed by atoms with van der Waals surface area (Å²) in [6, 6.07) is 16.7. The van der Waals surface area contributed by atoms with Crippen LogP contribution in [0.4, 0.5) is 5.82 Å². The van der Waals surface area contributed by atoms with Crippen molar-refractivity contribution in [2.75, 3.05) is 18.2 Å². The van der Waals surface area contributed by atoms with Crippen LogP contribution < -0.4 is 5.32 Å². The van der Waals surface area contributed by atoms with Crippen molar-refractivity contribution >= 4 is 45.4 Å². The number of amides is 1. The number of hydrogen-bond acceptors (Lipinski definition) is 5. The molecular formula is C21H20BrN3O3S. The normalized spacial score (nSPS) is 10.6. The molecule has 150 valence electrons. The molecule has 0 atom stereocenters. The molecule has 0 aliphatic heterocycles. The number of carbonyl (C=O) groups is 2. The predicted octanol–water partition coefficient (Wildman–Crippen LogP) is 4.84. The number of thioether (sulfide) groups is 1. The number of nitrogens with zero attached hydrogens (tertiary/aromatic N) is 2. The summed E-state index contributed by atoms with van der Waals surface area (Å²) in [5, 5.41) is 3.38. The van der Waals surface area contributed by atoms with E-state index in [-0.39, 0.29) is 24.0 Å². The summed E-state index contributed by atoms with van der Waals surface area (Å²) in [4.78, 5) is 29.9. The van der Waals surface area contributed by atoms with E-state index in [1.54, 1.807) is 35.8 Å². The number of hydrogen-bond donors (Lipinski definition) is 1. The number of rotatable bonds is 7. The molecule has 0 saturated carbocycles. The topological polar surface area (TPSA) is 73.2 Å². The van der Waals surface area contributed by atoms with Crippen LogP contribution in [0.25, 0.3) is 0 Å². The van der Waals surface area contributed by atoms with Crippen LogP contribution in [-0.4, -0.2) is 34.3 Å². The molecule has 8 heteroatoms. The Balaban J connectivity index is 2.00. The number of nitrogens with one attached hydrogen (secondary N) is 1. The van der Waals surface area contributed by atoms with E-state index in [1.807, 2.05) is 36.6 Å². The molecule has 29 heavy (non-hydrogen) atoms. The molecule has 1 amide bonds. The van der Waals surface area contributed by atoms with Gasteiger partial charge in [-0.15, -0.1) is 0 Å². The lowest BCUT2D eigenvalue weighted by Crippen LogP contribution is -2.18. The second kappa shape index (κ2) is 9.76. The van der Waals surface area contributed by atoms with Gasteiger partial charge in [-0.2, -0.15) is 0 Å². The molecule has 1 heterocycles. The van der Waals surface area contributed by atoms with Crippen molar-refractivity contribution in [1.29, 1.82) is 0 Å². The van der Waals surface area contributed by atoms with Gasteiger partial charge in [0.1, 0.15) is 0 Å². The Morgan fingerprint density at radius 1 is 1.14 bits per heavy atom. The monoisotopic (exact) mass is 473 g/mol. The summed E-state index contributed by atoms with van der Waals surface area (Å²) in [6.45, 7) is 2.40. The fraction of sp³-hybridized carbons (Fsp3) is 0.190. The highest BCUT2D eigenvalue weighted by Gasteiger charge is 2.26. The number of benzene rings is 2. The maximum atomic E-state index is 12.7. The van der Waals surface area contributed by atoms with Crippen molar-refractivity contribution in [1.82, 2.24) is 9.55 Å². The highest BCUT2D eigenvalue weighted by Crippen LogP contribution is 2.26. The van der Waals surface area contributed by atoms with Crippen LogP contribution in [0.3, 0.4) is 0 Å². The molecular weight excluding hydrogens is 454 g/mol. The van der Waals surface area contributed by atoms with E-state index < -0.39 is 5.97 Å². The van der Waals surface area contributed by atoms with Crippen LogP contribution in [0.1, 0.15) is 33.3 Å². The first-order valence-electron chi connectivity index (χ1n) is 8.96. The predicted molar refractivity (Wildman–Crippen MR) is 118 cm³/mol. The molecule has 1 aromatic heterocycles. The van der Waals surface area contributed by atoms with Gasteiger partial charge in [0.2, 0.25) is 0 Å². The van der Waals surface area contributed by atoms with Crippen molar-refractivity contribution in [3.63, 3.8) is 0 Å². The van der Waals surface area contributed by atoms with Crippen LogP contribution in [0.15, 0.2) is 64.2 Å². The van der Waals surface area contributed by atoms with Crippen LogP contribution in [0, 0.1) is 0 Å². The maximum absolute atomic E-state index is 12.7. The first-order chi connectivity index (χ1) is 14.0. The Morgan fingerprint density at radius 2 is 1.83 bits per heavy atom. The van der Waals surface area contributed by atoms with Crippen molar-refractivity contribution in [3.05, 3.63) is 75.9 Å². The van der Waals surface area contributed by atoms with Gasteiger partial charge in [-0.1, -0.05) is 58.0 Å². The van der Waals surface area contributed by atoms with Gasteiger partial charge in [-0.25, -0.2) is 9.78 Å². The molecule has 6 nitrogen and oxygen atoms in total. The number of carbonyl (C=O) groups excluding carboxylic acids is 2. The van der Waals surface area contributed by atoms with E-state index in [0.717, 1.165) is 10.0 Å². The first-order valence-corrected chi connectivity index (χ1v) is 11.0. The molecule has 2 aromatic carbocycles. The fourth-order valence-corrected chi connectivity index (χ4v) is 3.60. The number of ether oxygens (including phenoxy) is 1. The molecule has 0 aliphatic carbocycles. The minimum Gasteiger partial charge on any atom is -0.461 e. The molecule has 0 spiro atoms. The minimum atomic E-state index is -0.526. The Kier molecular flexibility index (Phi) is 7.11. The highest BCUT2D eigenvalue weighted by molar-refractivity contribution is 9.10. The van der Waals surface area contributed by atoms with Crippen molar-refractivity contribution in [2.24, 2.45) is 0 Å². The number of anilines is 1. The lowest BCUT2D eigenvalue weighted by atomic mass is 10.2. The summed E-state index contributed by atoms with van der Waals surface area (Å²) in [7, 11) is 0. The molecule has 0 aliphatic rings. The summed E-state index contributed by atoms with van der Waals surface area (Å²) in [6.07, 6.45) is 1.87. The zero-order valence-corrected chi connectivity index (χ0v) is 18.4. The number of imidazole rings is 1. The zero-order valence-electron chi connectivity index (χ0n) is 16.0. The summed E-state index contributed by atoms with van der Waals surface area (Å²) in [5.74, 6) is -0.681. The fourth-order valence-electron chi connectivity index (χ4n) is 2.78. The second-order valence-electron chi connectivity index (χ2n) is 6.05. The van der Waals surface area contributed by atoms with Crippen molar-refractivity contribution in [3.8, 4) is 0 Å². The molecule has 0 saturated heterocycles. The van der Waals surface area contributed by atoms with E-state index in [9.17, 15) is 9.59 Å². The van der Waals surface area contributed by atoms with Crippen molar-refractivity contribution < 1.29 is 14.3 Å². The van der Waals surface area contributed by atoms with E-state index in [1.165, 1.54) is 11.8 Å². The van der Waals surface area contributed by atoms with Crippen LogP contribution in [0.5, 0.6) is 0 Å². The van der Waals surface area contributed by atoms with Gasteiger partial charge in [0.05, 0.1) is 13.2 Å². The standard InChI is InChI=1S/C21H20BrN3O3S/c1-3-28-20(27)17-18(23-19(26)15-9-11-16(22)12-10-15)24-21(29-2)25(17)13-14-7-5-4-6-8-14/h4-12H,3,13H2,1-2H3,(H,23,26).